The molecule has 0 saturated carbocycles. The lowest BCUT2D eigenvalue weighted by molar-refractivity contribution is -0.114. The minimum Gasteiger partial charge on any atom is -0.495 e. The smallest absolute Gasteiger partial charge is 0.268 e. The Balaban J connectivity index is 2.06. The molecule has 3 aromatic rings. The molecule has 0 aliphatic carbocycles. The summed E-state index contributed by atoms with van der Waals surface area (Å²) in [6, 6.07) is 11.6. The minimum absolute atomic E-state index is 0.114. The molecule has 1 amide bonds. The van der Waals surface area contributed by atoms with Gasteiger partial charge in [-0.2, -0.15) is 0 Å². The fourth-order valence-corrected chi connectivity index (χ4v) is 5.54. The molecule has 3 aromatic carbocycles. The molecule has 6 nitrogen and oxygen atoms in total. The topological polar surface area (TPSA) is 75.7 Å². The third-order valence-electron chi connectivity index (χ3n) is 4.65. The Hall–Kier alpha value is -1.87. The lowest BCUT2D eigenvalue weighted by Gasteiger charge is -2.25. The molecule has 1 N–H and O–H groups in total. The van der Waals surface area contributed by atoms with Crippen LogP contribution in [0.5, 0.6) is 5.75 Å². The van der Waals surface area contributed by atoms with Gasteiger partial charge in [0.25, 0.3) is 10.0 Å². The van der Waals surface area contributed by atoms with E-state index in [0.717, 1.165) is 4.31 Å². The quantitative estimate of drug-likeness (QED) is 0.302. The molecule has 0 unspecified atom stereocenters. The summed E-state index contributed by atoms with van der Waals surface area (Å²) < 4.78 is 33.6. The van der Waals surface area contributed by atoms with Gasteiger partial charge in [0, 0.05) is 0 Å². The highest BCUT2D eigenvalue weighted by Crippen LogP contribution is 2.35. The van der Waals surface area contributed by atoms with Crippen LogP contribution in [0.1, 0.15) is 5.56 Å². The van der Waals surface area contributed by atoms with Crippen LogP contribution in [0.25, 0.3) is 0 Å². The van der Waals surface area contributed by atoms with Gasteiger partial charge in [-0.05, 0) is 55.0 Å². The average molecular weight is 583 g/mol. The van der Waals surface area contributed by atoms with Crippen LogP contribution in [-0.2, 0) is 14.8 Å². The van der Waals surface area contributed by atoms with Gasteiger partial charge in [0.05, 0.1) is 43.6 Å². The number of amides is 1. The molecule has 3 rings (SSSR count). The van der Waals surface area contributed by atoms with Crippen molar-refractivity contribution in [2.75, 3.05) is 23.3 Å². The minimum atomic E-state index is -4.30. The van der Waals surface area contributed by atoms with Gasteiger partial charge in [0.2, 0.25) is 5.91 Å². The summed E-state index contributed by atoms with van der Waals surface area (Å²) in [7, 11) is -2.94. The number of hydrogen-bond acceptors (Lipinski definition) is 4. The van der Waals surface area contributed by atoms with Crippen LogP contribution in [0.3, 0.4) is 0 Å². The summed E-state index contributed by atoms with van der Waals surface area (Å²) in [4.78, 5) is 12.8. The van der Waals surface area contributed by atoms with E-state index in [9.17, 15) is 13.2 Å². The monoisotopic (exact) mass is 580 g/mol. The Labute approximate surface area is 222 Å². The van der Waals surface area contributed by atoms with Crippen molar-refractivity contribution in [2.24, 2.45) is 0 Å². The van der Waals surface area contributed by atoms with Crippen LogP contribution >= 0.6 is 58.0 Å². The summed E-state index contributed by atoms with van der Waals surface area (Å²) in [5, 5.41) is 3.40. The van der Waals surface area contributed by atoms with E-state index in [1.165, 1.54) is 49.6 Å². The number of carbonyl (C=O) groups is 1. The highest BCUT2D eigenvalue weighted by molar-refractivity contribution is 7.93. The molecule has 0 saturated heterocycles. The van der Waals surface area contributed by atoms with Crippen molar-refractivity contribution in [1.29, 1.82) is 0 Å². The van der Waals surface area contributed by atoms with Crippen LogP contribution < -0.4 is 14.4 Å². The molecule has 0 heterocycles. The molecule has 12 heteroatoms. The van der Waals surface area contributed by atoms with Crippen LogP contribution in [0, 0.1) is 6.92 Å². The Morgan fingerprint density at radius 2 is 1.53 bits per heavy atom. The molecule has 180 valence electrons. The zero-order valence-corrected chi connectivity index (χ0v) is 22.3. The van der Waals surface area contributed by atoms with Gasteiger partial charge < -0.3 is 10.1 Å². The lowest BCUT2D eigenvalue weighted by Crippen LogP contribution is -2.38. The van der Waals surface area contributed by atoms with Crippen molar-refractivity contribution >= 4 is 85.3 Å². The Bertz CT molecular complexity index is 1370. The Kier molecular flexibility index (Phi) is 8.50. The van der Waals surface area contributed by atoms with Gasteiger partial charge >= 0.3 is 0 Å². The molecule has 0 aliphatic rings. The third-order valence-corrected chi connectivity index (χ3v) is 8.22. The number of aryl methyl sites for hydroxylation is 1. The first-order valence-electron chi connectivity index (χ1n) is 9.51. The summed E-state index contributed by atoms with van der Waals surface area (Å²) in [5.41, 5.74) is 0.967. The summed E-state index contributed by atoms with van der Waals surface area (Å²) in [6.45, 7) is 1.12. The van der Waals surface area contributed by atoms with Crippen molar-refractivity contribution in [3.05, 3.63) is 79.2 Å². The van der Waals surface area contributed by atoms with Crippen LogP contribution in [-0.4, -0.2) is 28.0 Å². The number of anilines is 2. The number of halogens is 5. The number of sulfonamides is 1. The zero-order valence-electron chi connectivity index (χ0n) is 17.7. The van der Waals surface area contributed by atoms with Crippen LogP contribution in [0.2, 0.25) is 25.1 Å². The van der Waals surface area contributed by atoms with Gasteiger partial charge in [-0.1, -0.05) is 64.1 Å². The van der Waals surface area contributed by atoms with Crippen molar-refractivity contribution in [3.63, 3.8) is 0 Å². The maximum atomic E-state index is 13.7. The van der Waals surface area contributed by atoms with E-state index in [-0.39, 0.29) is 47.1 Å². The lowest BCUT2D eigenvalue weighted by atomic mass is 10.2. The third kappa shape index (κ3) is 5.85. The Morgan fingerprint density at radius 3 is 2.18 bits per heavy atom. The highest BCUT2D eigenvalue weighted by atomic mass is 35.5. The number of nitrogens with zero attached hydrogens (tertiary/aromatic N) is 1. The maximum Gasteiger partial charge on any atom is 0.268 e. The van der Waals surface area contributed by atoms with Gasteiger partial charge in [-0.15, -0.1) is 0 Å². The summed E-state index contributed by atoms with van der Waals surface area (Å²) >= 11 is 30.2. The Morgan fingerprint density at radius 1 is 0.882 bits per heavy atom. The van der Waals surface area contributed by atoms with E-state index in [1.54, 1.807) is 13.0 Å². The normalized spacial score (nSPS) is 11.3. The van der Waals surface area contributed by atoms with Crippen LogP contribution in [0.15, 0.2) is 53.4 Å². The van der Waals surface area contributed by atoms with E-state index >= 15 is 0 Å². The SMILES string of the molecule is COc1ccc(C)cc1S(=O)(=O)N(CC(=O)Nc1cc(Cl)c(Cl)cc1Cl)c1ccc(Cl)c(Cl)c1. The van der Waals surface area contributed by atoms with E-state index in [2.05, 4.69) is 5.32 Å². The van der Waals surface area contributed by atoms with Crippen LogP contribution in [0.4, 0.5) is 11.4 Å². The van der Waals surface area contributed by atoms with E-state index < -0.39 is 22.5 Å². The number of nitrogens with one attached hydrogen (secondary N) is 1. The summed E-state index contributed by atoms with van der Waals surface area (Å²) in [6.07, 6.45) is 0. The first-order valence-corrected chi connectivity index (χ1v) is 12.8. The molecular weight excluding hydrogens is 566 g/mol. The summed E-state index contributed by atoms with van der Waals surface area (Å²) in [5.74, 6) is -0.579. The van der Waals surface area contributed by atoms with Crippen molar-refractivity contribution in [3.8, 4) is 5.75 Å². The van der Waals surface area contributed by atoms with Crippen molar-refractivity contribution in [2.45, 2.75) is 11.8 Å². The van der Waals surface area contributed by atoms with Gasteiger partial charge in [-0.3, -0.25) is 9.10 Å². The standard InChI is InChI=1S/C22H17Cl5N2O4S/c1-12-3-6-20(33-2)21(7-12)34(31,32)29(13-4-5-14(23)15(24)8-13)11-22(30)28-19-10-17(26)16(25)9-18(19)27/h3-10H,11H2,1-2H3,(H,28,30). The molecule has 0 fully saturated rings. The molecule has 0 atom stereocenters. The predicted molar refractivity (Wildman–Crippen MR) is 139 cm³/mol. The average Bonchev–Trinajstić information content (AvgIpc) is 2.77. The van der Waals surface area contributed by atoms with E-state index in [4.69, 9.17) is 62.7 Å². The zero-order chi connectivity index (χ0) is 25.2. The number of rotatable bonds is 7. The second kappa shape index (κ2) is 10.8. The molecule has 0 aliphatic heterocycles. The van der Waals surface area contributed by atoms with Crippen molar-refractivity contribution < 1.29 is 17.9 Å². The number of hydrogen-bond donors (Lipinski definition) is 1. The number of ether oxygens (including phenoxy) is 1. The second-order valence-electron chi connectivity index (χ2n) is 7.06. The number of carbonyl (C=O) groups excluding carboxylic acids is 1. The first-order chi connectivity index (χ1) is 15.9. The molecule has 0 aromatic heterocycles. The fourth-order valence-electron chi connectivity index (χ4n) is 3.00. The molecule has 0 spiro atoms. The van der Waals surface area contributed by atoms with Gasteiger partial charge in [-0.25, -0.2) is 8.42 Å². The predicted octanol–water partition coefficient (Wildman–Crippen LogP) is 7.10. The second-order valence-corrected chi connectivity index (χ2v) is 10.9. The fraction of sp³-hybridized carbons (Fsp3) is 0.136. The number of benzene rings is 3. The van der Waals surface area contributed by atoms with Gasteiger partial charge in [0.15, 0.2) is 0 Å². The maximum absolute atomic E-state index is 13.7. The van der Waals surface area contributed by atoms with Gasteiger partial charge in [0.1, 0.15) is 17.2 Å². The molecule has 0 bridgehead atoms. The number of methoxy groups -OCH3 is 1. The molecule has 0 radical (unpaired) electrons. The van der Waals surface area contributed by atoms with Crippen molar-refractivity contribution in [1.82, 2.24) is 0 Å². The largest absolute Gasteiger partial charge is 0.495 e. The van der Waals surface area contributed by atoms with E-state index in [1.807, 2.05) is 0 Å². The first kappa shape index (κ1) is 26.7. The van der Waals surface area contributed by atoms with E-state index in [0.29, 0.717) is 5.56 Å². The molecule has 34 heavy (non-hydrogen) atoms. The molecular formula is C22H17Cl5N2O4S. The highest BCUT2D eigenvalue weighted by Gasteiger charge is 2.31.